The van der Waals surface area contributed by atoms with Gasteiger partial charge in [-0.3, -0.25) is 0 Å². The van der Waals surface area contributed by atoms with Gasteiger partial charge in [0.05, 0.1) is 5.02 Å². The van der Waals surface area contributed by atoms with Crippen molar-refractivity contribution in [1.82, 2.24) is 10.3 Å². The molecule has 1 aromatic heterocycles. The molecule has 0 radical (unpaired) electrons. The Kier molecular flexibility index (Phi) is 4.42. The van der Waals surface area contributed by atoms with Gasteiger partial charge >= 0.3 is 0 Å². The number of ether oxygens (including phenoxy) is 1. The summed E-state index contributed by atoms with van der Waals surface area (Å²) < 4.78 is 19.9. The number of nitrogens with zero attached hydrogens (tertiary/aromatic N) is 1. The highest BCUT2D eigenvalue weighted by atomic mass is 79.9. The fourth-order valence-corrected chi connectivity index (χ4v) is 2.37. The van der Waals surface area contributed by atoms with Gasteiger partial charge in [-0.2, -0.15) is 0 Å². The normalized spacial score (nSPS) is 14.2. The van der Waals surface area contributed by atoms with Gasteiger partial charge in [0.25, 0.3) is 0 Å². The molecule has 21 heavy (non-hydrogen) atoms. The van der Waals surface area contributed by atoms with Crippen LogP contribution in [0.25, 0.3) is 0 Å². The lowest BCUT2D eigenvalue weighted by molar-refractivity contribution is 0.426. The zero-order valence-electron chi connectivity index (χ0n) is 11.1. The molecule has 1 heterocycles. The lowest BCUT2D eigenvalue weighted by atomic mass is 10.2. The van der Waals surface area contributed by atoms with Crippen LogP contribution >= 0.6 is 27.5 Å². The summed E-state index contributed by atoms with van der Waals surface area (Å²) in [4.78, 5) is 4.08. The highest BCUT2D eigenvalue weighted by Crippen LogP contribution is 2.29. The predicted octanol–water partition coefficient (Wildman–Crippen LogP) is 4.68. The Bertz CT molecular complexity index is 664. The van der Waals surface area contributed by atoms with Gasteiger partial charge in [-0.1, -0.05) is 27.5 Å². The minimum atomic E-state index is -0.437. The number of benzene rings is 1. The number of hydrogen-bond donors (Lipinski definition) is 1. The molecular formula is C15H13BrClFN2O. The molecule has 1 N–H and O–H groups in total. The maximum absolute atomic E-state index is 13.7. The van der Waals surface area contributed by atoms with Gasteiger partial charge in [0.2, 0.25) is 5.88 Å². The monoisotopic (exact) mass is 370 g/mol. The molecule has 3 rings (SSSR count). The topological polar surface area (TPSA) is 34.1 Å². The van der Waals surface area contributed by atoms with Crippen molar-refractivity contribution in [1.29, 1.82) is 0 Å². The molecule has 0 unspecified atom stereocenters. The van der Waals surface area contributed by atoms with E-state index in [9.17, 15) is 4.39 Å². The minimum absolute atomic E-state index is 0.125. The van der Waals surface area contributed by atoms with Crippen LogP contribution in [0, 0.1) is 5.82 Å². The summed E-state index contributed by atoms with van der Waals surface area (Å²) in [6.45, 7) is 0.656. The van der Waals surface area contributed by atoms with Crippen LogP contribution in [-0.4, -0.2) is 11.0 Å². The molecule has 0 amide bonds. The largest absolute Gasteiger partial charge is 0.436 e. The molecule has 0 atom stereocenters. The number of rotatable bonds is 5. The maximum atomic E-state index is 13.7. The molecule has 0 spiro atoms. The highest BCUT2D eigenvalue weighted by Gasteiger charge is 2.20. The zero-order chi connectivity index (χ0) is 14.8. The summed E-state index contributed by atoms with van der Waals surface area (Å²) in [6.07, 6.45) is 3.93. The lowest BCUT2D eigenvalue weighted by Gasteiger charge is -2.10. The van der Waals surface area contributed by atoms with Crippen molar-refractivity contribution in [2.75, 3.05) is 0 Å². The first kappa shape index (κ1) is 14.8. The number of pyridine rings is 1. The van der Waals surface area contributed by atoms with Crippen LogP contribution in [0.4, 0.5) is 4.39 Å². The summed E-state index contributed by atoms with van der Waals surface area (Å²) in [6, 6.07) is 6.83. The second-order valence-electron chi connectivity index (χ2n) is 4.95. The minimum Gasteiger partial charge on any atom is -0.436 e. The van der Waals surface area contributed by atoms with Gasteiger partial charge in [-0.25, -0.2) is 9.37 Å². The molecule has 1 aliphatic carbocycles. The predicted molar refractivity (Wildman–Crippen MR) is 83.3 cm³/mol. The third kappa shape index (κ3) is 3.93. The summed E-state index contributed by atoms with van der Waals surface area (Å²) >= 11 is 9.41. The van der Waals surface area contributed by atoms with Crippen molar-refractivity contribution in [2.45, 2.75) is 25.4 Å². The average Bonchev–Trinajstić information content (AvgIpc) is 3.27. The summed E-state index contributed by atoms with van der Waals surface area (Å²) in [7, 11) is 0. The molecule has 1 fully saturated rings. The molecule has 6 heteroatoms. The van der Waals surface area contributed by atoms with E-state index in [1.807, 2.05) is 0 Å². The van der Waals surface area contributed by atoms with Crippen LogP contribution in [0.1, 0.15) is 18.4 Å². The molecule has 0 aliphatic heterocycles. The van der Waals surface area contributed by atoms with Crippen molar-refractivity contribution in [2.24, 2.45) is 0 Å². The van der Waals surface area contributed by atoms with E-state index < -0.39 is 5.82 Å². The third-order valence-corrected chi connectivity index (χ3v) is 4.01. The van der Waals surface area contributed by atoms with E-state index in [1.54, 1.807) is 18.2 Å². The van der Waals surface area contributed by atoms with Crippen molar-refractivity contribution in [3.05, 3.63) is 51.3 Å². The van der Waals surface area contributed by atoms with Gasteiger partial charge in [-0.15, -0.1) is 0 Å². The van der Waals surface area contributed by atoms with E-state index >= 15 is 0 Å². The van der Waals surface area contributed by atoms with Crippen LogP contribution in [0.5, 0.6) is 11.6 Å². The quantitative estimate of drug-likeness (QED) is 0.828. The average molecular weight is 372 g/mol. The smallest absolute Gasteiger partial charge is 0.219 e. The molecule has 1 aromatic carbocycles. The molecule has 2 aromatic rings. The molecule has 3 nitrogen and oxygen atoms in total. The van der Waals surface area contributed by atoms with E-state index in [0.717, 1.165) is 10.0 Å². The van der Waals surface area contributed by atoms with Crippen molar-refractivity contribution >= 4 is 27.5 Å². The Labute approximate surface area is 135 Å². The van der Waals surface area contributed by atoms with E-state index in [4.69, 9.17) is 16.3 Å². The fraction of sp³-hybridized carbons (Fsp3) is 0.267. The van der Waals surface area contributed by atoms with E-state index in [2.05, 4.69) is 26.2 Å². The summed E-state index contributed by atoms with van der Waals surface area (Å²) in [5.74, 6) is 0.0110. The van der Waals surface area contributed by atoms with E-state index in [1.165, 1.54) is 25.1 Å². The Hall–Kier alpha value is -1.17. The first-order valence-electron chi connectivity index (χ1n) is 6.62. The Morgan fingerprint density at radius 2 is 2.19 bits per heavy atom. The SMILES string of the molecule is Fc1ccc(Br)cc1Oc1cc(CNC2CC2)c(Cl)cn1. The third-order valence-electron chi connectivity index (χ3n) is 3.18. The van der Waals surface area contributed by atoms with Crippen LogP contribution in [-0.2, 0) is 6.54 Å². The molecular weight excluding hydrogens is 359 g/mol. The molecule has 110 valence electrons. The van der Waals surface area contributed by atoms with Gasteiger partial charge < -0.3 is 10.1 Å². The van der Waals surface area contributed by atoms with Crippen LogP contribution in [0.3, 0.4) is 0 Å². The summed E-state index contributed by atoms with van der Waals surface area (Å²) in [5, 5.41) is 3.95. The lowest BCUT2D eigenvalue weighted by Crippen LogP contribution is -2.15. The van der Waals surface area contributed by atoms with Crippen molar-refractivity contribution in [3.63, 3.8) is 0 Å². The molecule has 0 bridgehead atoms. The first-order valence-corrected chi connectivity index (χ1v) is 7.79. The fourth-order valence-electron chi connectivity index (χ4n) is 1.86. The van der Waals surface area contributed by atoms with Crippen LogP contribution in [0.15, 0.2) is 34.9 Å². The number of nitrogens with one attached hydrogen (secondary N) is 1. The molecule has 0 saturated heterocycles. The van der Waals surface area contributed by atoms with Gasteiger partial charge in [-0.05, 0) is 36.6 Å². The second kappa shape index (κ2) is 6.30. The van der Waals surface area contributed by atoms with Crippen LogP contribution < -0.4 is 10.1 Å². The van der Waals surface area contributed by atoms with Gasteiger partial charge in [0.1, 0.15) is 0 Å². The molecule has 1 aliphatic rings. The van der Waals surface area contributed by atoms with E-state index in [0.29, 0.717) is 23.5 Å². The van der Waals surface area contributed by atoms with Gasteiger partial charge in [0, 0.05) is 29.3 Å². The number of halogens is 3. The Morgan fingerprint density at radius 1 is 1.38 bits per heavy atom. The number of hydrogen-bond acceptors (Lipinski definition) is 3. The standard InChI is InChI=1S/C15H13BrClFN2O/c16-10-1-4-13(18)14(6-10)21-15-5-9(12(17)8-20-15)7-19-11-2-3-11/h1,4-6,8,11,19H,2-3,7H2. The van der Waals surface area contributed by atoms with E-state index in [-0.39, 0.29) is 5.75 Å². The molecule has 1 saturated carbocycles. The number of aromatic nitrogens is 1. The Balaban J connectivity index is 1.78. The van der Waals surface area contributed by atoms with Gasteiger partial charge in [0.15, 0.2) is 11.6 Å². The Morgan fingerprint density at radius 3 is 2.95 bits per heavy atom. The van der Waals surface area contributed by atoms with Crippen molar-refractivity contribution in [3.8, 4) is 11.6 Å². The van der Waals surface area contributed by atoms with Crippen molar-refractivity contribution < 1.29 is 9.13 Å². The zero-order valence-corrected chi connectivity index (χ0v) is 13.4. The van der Waals surface area contributed by atoms with Crippen LogP contribution in [0.2, 0.25) is 5.02 Å². The first-order chi connectivity index (χ1) is 10.1. The second-order valence-corrected chi connectivity index (χ2v) is 6.27. The maximum Gasteiger partial charge on any atom is 0.219 e. The summed E-state index contributed by atoms with van der Waals surface area (Å²) in [5.41, 5.74) is 0.893. The highest BCUT2D eigenvalue weighted by molar-refractivity contribution is 9.10.